The molecule has 4 aromatic rings. The number of nitrogens with zero attached hydrogens (tertiary/aromatic N) is 1. The Balaban J connectivity index is 1.26. The van der Waals surface area contributed by atoms with Crippen LogP contribution in [0, 0.1) is 0 Å². The molecule has 10 heteroatoms. The lowest BCUT2D eigenvalue weighted by Gasteiger charge is -2.06. The van der Waals surface area contributed by atoms with Crippen molar-refractivity contribution in [1.29, 1.82) is 0 Å². The molecular formula is C27H24N2O8. The molecule has 2 aromatic heterocycles. The van der Waals surface area contributed by atoms with E-state index in [2.05, 4.69) is 10.5 Å². The van der Waals surface area contributed by atoms with Gasteiger partial charge in [-0.25, -0.2) is 10.2 Å². The van der Waals surface area contributed by atoms with Gasteiger partial charge in [0.25, 0.3) is 0 Å². The van der Waals surface area contributed by atoms with Crippen LogP contribution in [0.2, 0.25) is 0 Å². The first-order valence-electron chi connectivity index (χ1n) is 11.2. The Morgan fingerprint density at radius 1 is 0.784 bits per heavy atom. The third-order valence-corrected chi connectivity index (χ3v) is 5.18. The molecule has 0 saturated heterocycles. The van der Waals surface area contributed by atoms with Crippen molar-refractivity contribution in [2.45, 2.75) is 20.1 Å². The molecule has 0 bridgehead atoms. The SMILES string of the molecule is COc1ccc(OCc2ccc(C(=O)N/N=C(/C)c3ccc(OCc4ccc(C(=O)O)o4)cc3)o2)cc1. The fraction of sp³-hybridized carbons (Fsp3) is 0.148. The van der Waals surface area contributed by atoms with Gasteiger partial charge in [0.2, 0.25) is 5.76 Å². The first-order valence-corrected chi connectivity index (χ1v) is 11.2. The number of carbonyl (C=O) groups excluding carboxylic acids is 1. The van der Waals surface area contributed by atoms with Crippen molar-refractivity contribution in [2.24, 2.45) is 5.10 Å². The van der Waals surface area contributed by atoms with Crippen molar-refractivity contribution in [3.05, 3.63) is 101 Å². The molecule has 37 heavy (non-hydrogen) atoms. The van der Waals surface area contributed by atoms with Crippen LogP contribution in [-0.2, 0) is 13.2 Å². The first-order chi connectivity index (χ1) is 17.9. The smallest absolute Gasteiger partial charge is 0.371 e. The lowest BCUT2D eigenvalue weighted by molar-refractivity contribution is 0.0658. The molecule has 0 saturated carbocycles. The number of benzene rings is 2. The standard InChI is InChI=1S/C27H24N2O8/c1-17(18-3-5-20(6-4-18)34-16-23-12-14-25(37-23)27(31)32)28-29-26(30)24-13-11-22(36-24)15-35-21-9-7-19(33-2)8-10-21/h3-14H,15-16H2,1-2H3,(H,29,30)(H,31,32)/b28-17-. The summed E-state index contributed by atoms with van der Waals surface area (Å²) >= 11 is 0. The number of carboxylic acid groups (broad SMARTS) is 1. The number of furan rings is 2. The highest BCUT2D eigenvalue weighted by atomic mass is 16.5. The topological polar surface area (TPSA) is 133 Å². The lowest BCUT2D eigenvalue weighted by atomic mass is 10.1. The summed E-state index contributed by atoms with van der Waals surface area (Å²) in [6, 6.07) is 20.3. The predicted molar refractivity (Wildman–Crippen MR) is 132 cm³/mol. The van der Waals surface area contributed by atoms with Crippen molar-refractivity contribution in [1.82, 2.24) is 5.43 Å². The van der Waals surface area contributed by atoms with Crippen LogP contribution in [0.25, 0.3) is 0 Å². The van der Waals surface area contributed by atoms with E-state index >= 15 is 0 Å². The zero-order chi connectivity index (χ0) is 26.2. The summed E-state index contributed by atoms with van der Waals surface area (Å²) in [5.41, 5.74) is 3.82. The Morgan fingerprint density at radius 3 is 1.84 bits per heavy atom. The first kappa shape index (κ1) is 25.1. The summed E-state index contributed by atoms with van der Waals surface area (Å²) in [6.45, 7) is 2.01. The number of hydrogen-bond donors (Lipinski definition) is 2. The fourth-order valence-electron chi connectivity index (χ4n) is 3.18. The van der Waals surface area contributed by atoms with Crippen LogP contribution in [0.3, 0.4) is 0 Å². The Bertz CT molecular complexity index is 1380. The van der Waals surface area contributed by atoms with Gasteiger partial charge in [0.15, 0.2) is 5.76 Å². The van der Waals surface area contributed by atoms with Gasteiger partial charge in [-0.1, -0.05) is 0 Å². The molecule has 0 aliphatic carbocycles. The summed E-state index contributed by atoms with van der Waals surface area (Å²) in [6.07, 6.45) is 0. The molecule has 0 radical (unpaired) electrons. The highest BCUT2D eigenvalue weighted by molar-refractivity contribution is 6.00. The Morgan fingerprint density at radius 2 is 1.30 bits per heavy atom. The number of amides is 1. The van der Waals surface area contributed by atoms with Crippen molar-refractivity contribution in [3.63, 3.8) is 0 Å². The number of aromatic carboxylic acids is 1. The Kier molecular flexibility index (Phi) is 7.89. The number of hydrazone groups is 1. The van der Waals surface area contributed by atoms with Crippen molar-refractivity contribution in [3.8, 4) is 17.2 Å². The monoisotopic (exact) mass is 504 g/mol. The maximum absolute atomic E-state index is 12.4. The van der Waals surface area contributed by atoms with Crippen molar-refractivity contribution < 1.29 is 37.7 Å². The third-order valence-electron chi connectivity index (χ3n) is 5.18. The minimum atomic E-state index is -1.14. The number of carboxylic acids is 1. The largest absolute Gasteiger partial charge is 0.497 e. The van der Waals surface area contributed by atoms with Crippen molar-refractivity contribution >= 4 is 17.6 Å². The van der Waals surface area contributed by atoms with Crippen LogP contribution < -0.4 is 19.6 Å². The van der Waals surface area contributed by atoms with Gasteiger partial charge < -0.3 is 28.2 Å². The minimum Gasteiger partial charge on any atom is -0.497 e. The van der Waals surface area contributed by atoms with E-state index in [4.69, 9.17) is 28.2 Å². The molecule has 0 aliphatic heterocycles. The number of ether oxygens (including phenoxy) is 3. The van der Waals surface area contributed by atoms with Gasteiger partial charge in [0.05, 0.1) is 12.8 Å². The molecule has 0 fully saturated rings. The number of hydrogen-bond acceptors (Lipinski definition) is 8. The maximum atomic E-state index is 12.4. The minimum absolute atomic E-state index is 0.0893. The molecule has 190 valence electrons. The van der Waals surface area contributed by atoms with E-state index in [1.165, 1.54) is 6.07 Å². The summed E-state index contributed by atoms with van der Waals surface area (Å²) in [5, 5.41) is 13.0. The van der Waals surface area contributed by atoms with Gasteiger partial charge in [-0.2, -0.15) is 5.10 Å². The third kappa shape index (κ3) is 6.79. The Hall–Kier alpha value is -4.99. The molecule has 0 spiro atoms. The molecule has 2 heterocycles. The van der Waals surface area contributed by atoms with Gasteiger partial charge in [0.1, 0.15) is 42.0 Å². The van der Waals surface area contributed by atoms with Gasteiger partial charge in [-0.05, 0) is 85.3 Å². The highest BCUT2D eigenvalue weighted by Crippen LogP contribution is 2.19. The molecule has 0 atom stereocenters. The van der Waals surface area contributed by atoms with Gasteiger partial charge in [-0.15, -0.1) is 0 Å². The Labute approximate surface area is 212 Å². The quantitative estimate of drug-likeness (QED) is 0.218. The molecule has 0 unspecified atom stereocenters. The van der Waals surface area contributed by atoms with E-state index in [-0.39, 0.29) is 24.7 Å². The highest BCUT2D eigenvalue weighted by Gasteiger charge is 2.12. The second-order valence-corrected chi connectivity index (χ2v) is 7.75. The average molecular weight is 504 g/mol. The molecular weight excluding hydrogens is 480 g/mol. The second-order valence-electron chi connectivity index (χ2n) is 7.75. The second kappa shape index (κ2) is 11.6. The maximum Gasteiger partial charge on any atom is 0.371 e. The van der Waals surface area contributed by atoms with E-state index < -0.39 is 11.9 Å². The zero-order valence-corrected chi connectivity index (χ0v) is 20.1. The van der Waals surface area contributed by atoms with E-state index in [1.807, 2.05) is 0 Å². The van der Waals surface area contributed by atoms with E-state index in [1.54, 1.807) is 80.8 Å². The van der Waals surface area contributed by atoms with Crippen LogP contribution in [0.4, 0.5) is 0 Å². The molecule has 1 amide bonds. The van der Waals surface area contributed by atoms with E-state index in [0.717, 1.165) is 11.3 Å². The number of methoxy groups -OCH3 is 1. The lowest BCUT2D eigenvalue weighted by Crippen LogP contribution is -2.18. The van der Waals surface area contributed by atoms with Crippen LogP contribution >= 0.6 is 0 Å². The fourth-order valence-corrected chi connectivity index (χ4v) is 3.18. The summed E-state index contributed by atoms with van der Waals surface area (Å²) < 4.78 is 27.1. The normalized spacial score (nSPS) is 11.1. The molecule has 10 nitrogen and oxygen atoms in total. The average Bonchev–Trinajstić information content (AvgIpc) is 3.60. The van der Waals surface area contributed by atoms with E-state index in [0.29, 0.717) is 28.7 Å². The van der Waals surface area contributed by atoms with Crippen LogP contribution in [0.1, 0.15) is 45.1 Å². The number of rotatable bonds is 11. The number of nitrogens with one attached hydrogen (secondary N) is 1. The van der Waals surface area contributed by atoms with Crippen molar-refractivity contribution in [2.75, 3.05) is 7.11 Å². The summed E-state index contributed by atoms with van der Waals surface area (Å²) in [5.74, 6) is 1.17. The van der Waals surface area contributed by atoms with Crippen LogP contribution in [-0.4, -0.2) is 29.8 Å². The van der Waals surface area contributed by atoms with Gasteiger partial charge in [0, 0.05) is 0 Å². The molecule has 4 rings (SSSR count). The summed E-state index contributed by atoms with van der Waals surface area (Å²) in [4.78, 5) is 23.3. The number of carbonyl (C=O) groups is 2. The predicted octanol–water partition coefficient (Wildman–Crippen LogP) is 4.89. The molecule has 0 aliphatic rings. The molecule has 2 aromatic carbocycles. The zero-order valence-electron chi connectivity index (χ0n) is 20.1. The van der Waals surface area contributed by atoms with Crippen LogP contribution in [0.15, 0.2) is 86.7 Å². The van der Waals surface area contributed by atoms with Crippen LogP contribution in [0.5, 0.6) is 17.2 Å². The van der Waals surface area contributed by atoms with E-state index in [9.17, 15) is 9.59 Å². The van der Waals surface area contributed by atoms with Gasteiger partial charge in [-0.3, -0.25) is 4.79 Å². The van der Waals surface area contributed by atoms with Gasteiger partial charge >= 0.3 is 11.9 Å². The summed E-state index contributed by atoms with van der Waals surface area (Å²) in [7, 11) is 1.59. The molecule has 2 N–H and O–H groups in total.